The minimum atomic E-state index is -0.803. The van der Waals surface area contributed by atoms with Crippen molar-refractivity contribution in [1.29, 1.82) is 0 Å². The van der Waals surface area contributed by atoms with Crippen molar-refractivity contribution in [2.45, 2.75) is 20.4 Å². The van der Waals surface area contributed by atoms with Crippen molar-refractivity contribution in [2.24, 2.45) is 0 Å². The van der Waals surface area contributed by atoms with Crippen LogP contribution >= 0.6 is 0 Å². The molecule has 0 atom stereocenters. The molecule has 0 aliphatic heterocycles. The number of carbonyl (C=O) groups excluding carboxylic acids is 3. The van der Waals surface area contributed by atoms with Crippen molar-refractivity contribution in [2.75, 3.05) is 13.7 Å². The van der Waals surface area contributed by atoms with Gasteiger partial charge in [0.1, 0.15) is 0 Å². The molecular formula is C28H25N3O6. The van der Waals surface area contributed by atoms with Crippen LogP contribution in [0.5, 0.6) is 0 Å². The van der Waals surface area contributed by atoms with E-state index in [1.54, 1.807) is 37.3 Å². The molecule has 0 saturated heterocycles. The number of ether oxygens (including phenoxy) is 2. The van der Waals surface area contributed by atoms with Crippen LogP contribution in [0.1, 0.15) is 48.2 Å². The van der Waals surface area contributed by atoms with Crippen molar-refractivity contribution < 1.29 is 23.9 Å². The monoisotopic (exact) mass is 499 g/mol. The normalized spacial score (nSPS) is 10.7. The topological polar surface area (TPSA) is 109 Å². The molecular weight excluding hydrogens is 474 g/mol. The first kappa shape index (κ1) is 25.3. The molecule has 0 amide bonds. The molecule has 0 spiro atoms. The molecule has 4 aromatic rings. The van der Waals surface area contributed by atoms with Gasteiger partial charge < -0.3 is 14.0 Å². The van der Waals surface area contributed by atoms with Crippen LogP contribution in [-0.2, 0) is 16.0 Å². The Labute approximate surface area is 212 Å². The predicted molar refractivity (Wildman–Crippen MR) is 135 cm³/mol. The van der Waals surface area contributed by atoms with Gasteiger partial charge in [0.2, 0.25) is 5.78 Å². The Morgan fingerprint density at radius 3 is 2.27 bits per heavy atom. The molecule has 0 saturated carbocycles. The molecule has 37 heavy (non-hydrogen) atoms. The molecule has 4 rings (SSSR count). The fourth-order valence-electron chi connectivity index (χ4n) is 4.02. The summed E-state index contributed by atoms with van der Waals surface area (Å²) in [5, 5.41) is 4.10. The molecule has 0 unspecified atom stereocenters. The Balaban J connectivity index is 1.46. The molecule has 2 aromatic heterocycles. The number of rotatable bonds is 8. The highest BCUT2D eigenvalue weighted by Crippen LogP contribution is 2.22. The number of esters is 2. The van der Waals surface area contributed by atoms with Gasteiger partial charge in [0.05, 0.1) is 19.2 Å². The van der Waals surface area contributed by atoms with Gasteiger partial charge in [-0.25, -0.2) is 14.3 Å². The van der Waals surface area contributed by atoms with Gasteiger partial charge in [0.15, 0.2) is 12.3 Å². The Hall–Kier alpha value is -4.79. The number of carbonyl (C=O) groups is 3. The van der Waals surface area contributed by atoms with Gasteiger partial charge in [-0.2, -0.15) is 5.10 Å². The number of methoxy groups -OCH3 is 1. The molecule has 0 N–H and O–H groups in total. The summed E-state index contributed by atoms with van der Waals surface area (Å²) in [6.07, 6.45) is 0. The number of nitrogens with zero attached hydrogens (tertiary/aromatic N) is 3. The van der Waals surface area contributed by atoms with E-state index >= 15 is 0 Å². The van der Waals surface area contributed by atoms with Crippen LogP contribution in [0.2, 0.25) is 0 Å². The minimum Gasteiger partial charge on any atom is -0.465 e. The van der Waals surface area contributed by atoms with E-state index in [9.17, 15) is 19.2 Å². The van der Waals surface area contributed by atoms with Gasteiger partial charge >= 0.3 is 11.9 Å². The zero-order chi connectivity index (χ0) is 26.5. The Morgan fingerprint density at radius 2 is 1.59 bits per heavy atom. The fraction of sp³-hybridized carbons (Fsp3) is 0.179. The van der Waals surface area contributed by atoms with Crippen molar-refractivity contribution in [1.82, 2.24) is 14.3 Å². The maximum atomic E-state index is 12.9. The van der Waals surface area contributed by atoms with Gasteiger partial charge in [0.25, 0.3) is 5.56 Å². The van der Waals surface area contributed by atoms with Crippen LogP contribution in [-0.4, -0.2) is 45.8 Å². The summed E-state index contributed by atoms with van der Waals surface area (Å²) in [5.74, 6) is -1.62. The zero-order valence-corrected chi connectivity index (χ0v) is 20.6. The fourth-order valence-corrected chi connectivity index (χ4v) is 4.02. The molecule has 2 aromatic carbocycles. The maximum absolute atomic E-state index is 12.9. The summed E-state index contributed by atoms with van der Waals surface area (Å²) in [7, 11) is 1.32. The Kier molecular flexibility index (Phi) is 7.43. The first-order chi connectivity index (χ1) is 17.8. The number of hydrogen-bond acceptors (Lipinski definition) is 7. The van der Waals surface area contributed by atoms with E-state index in [2.05, 4.69) is 5.10 Å². The number of aromatic nitrogens is 3. The van der Waals surface area contributed by atoms with Crippen LogP contribution < -0.4 is 5.56 Å². The summed E-state index contributed by atoms with van der Waals surface area (Å²) in [4.78, 5) is 49.4. The standard InChI is InChI=1S/C28H25N3O6/c1-18-15-23(19(2)31(18)22-11-9-21(10-12-22)27(34)36-3)25(32)17-37-28(35)24-13-14-26(33)30(29-24)16-20-7-5-4-6-8-20/h4-15H,16-17H2,1-3H3. The van der Waals surface area contributed by atoms with Gasteiger partial charge in [-0.1, -0.05) is 30.3 Å². The predicted octanol–water partition coefficient (Wildman–Crippen LogP) is 3.53. The first-order valence-corrected chi connectivity index (χ1v) is 11.5. The van der Waals surface area contributed by atoms with E-state index in [4.69, 9.17) is 9.47 Å². The molecule has 0 aliphatic carbocycles. The lowest BCUT2D eigenvalue weighted by molar-refractivity contribution is 0.0466. The van der Waals surface area contributed by atoms with Crippen LogP contribution in [0.25, 0.3) is 5.69 Å². The smallest absolute Gasteiger partial charge is 0.359 e. The Bertz CT molecular complexity index is 1520. The first-order valence-electron chi connectivity index (χ1n) is 11.5. The van der Waals surface area contributed by atoms with Crippen LogP contribution in [0.4, 0.5) is 0 Å². The van der Waals surface area contributed by atoms with E-state index in [-0.39, 0.29) is 23.6 Å². The quantitative estimate of drug-likeness (QED) is 0.269. The second kappa shape index (κ2) is 10.9. The van der Waals surface area contributed by atoms with Crippen molar-refractivity contribution >= 4 is 17.7 Å². The summed E-state index contributed by atoms with van der Waals surface area (Å²) in [5.41, 5.74) is 3.48. The van der Waals surface area contributed by atoms with E-state index in [0.717, 1.165) is 16.9 Å². The molecule has 0 fully saturated rings. The highest BCUT2D eigenvalue weighted by Gasteiger charge is 2.20. The Morgan fingerprint density at radius 1 is 0.892 bits per heavy atom. The van der Waals surface area contributed by atoms with Gasteiger partial charge in [0, 0.05) is 28.7 Å². The van der Waals surface area contributed by atoms with Crippen LogP contribution in [0.15, 0.2) is 77.6 Å². The SMILES string of the molecule is COC(=O)c1ccc(-n2c(C)cc(C(=O)COC(=O)c3ccc(=O)n(Cc4ccccc4)n3)c2C)cc1. The summed E-state index contributed by atoms with van der Waals surface area (Å²) < 4.78 is 13.0. The van der Waals surface area contributed by atoms with E-state index in [0.29, 0.717) is 16.8 Å². The average Bonchev–Trinajstić information content (AvgIpc) is 3.22. The lowest BCUT2D eigenvalue weighted by Gasteiger charge is -2.11. The minimum absolute atomic E-state index is 0.0699. The van der Waals surface area contributed by atoms with E-state index < -0.39 is 18.5 Å². The second-order valence-electron chi connectivity index (χ2n) is 8.36. The number of hydrogen-bond donors (Lipinski definition) is 0. The summed E-state index contributed by atoms with van der Waals surface area (Å²) >= 11 is 0. The van der Waals surface area contributed by atoms with Crippen molar-refractivity contribution in [3.05, 3.63) is 117 Å². The highest BCUT2D eigenvalue weighted by atomic mass is 16.5. The molecule has 0 bridgehead atoms. The third kappa shape index (κ3) is 5.56. The maximum Gasteiger partial charge on any atom is 0.359 e. The third-order valence-corrected chi connectivity index (χ3v) is 5.86. The van der Waals surface area contributed by atoms with Gasteiger partial charge in [-0.3, -0.25) is 9.59 Å². The molecule has 0 radical (unpaired) electrons. The summed E-state index contributed by atoms with van der Waals surface area (Å²) in [6, 6.07) is 20.3. The number of aryl methyl sites for hydroxylation is 1. The number of Topliss-reactive ketones (excluding diaryl/α,β-unsaturated/α-hetero) is 1. The molecule has 2 heterocycles. The lowest BCUT2D eigenvalue weighted by atomic mass is 10.1. The summed E-state index contributed by atoms with van der Waals surface area (Å²) in [6.45, 7) is 3.36. The van der Waals surface area contributed by atoms with E-state index in [1.807, 2.05) is 41.8 Å². The third-order valence-electron chi connectivity index (χ3n) is 5.86. The molecule has 9 heteroatoms. The van der Waals surface area contributed by atoms with Crippen molar-refractivity contribution in [3.63, 3.8) is 0 Å². The highest BCUT2D eigenvalue weighted by molar-refractivity contribution is 6.00. The zero-order valence-electron chi connectivity index (χ0n) is 20.6. The second-order valence-corrected chi connectivity index (χ2v) is 8.36. The molecule has 188 valence electrons. The largest absolute Gasteiger partial charge is 0.465 e. The van der Waals surface area contributed by atoms with Gasteiger partial charge in [-0.15, -0.1) is 0 Å². The van der Waals surface area contributed by atoms with E-state index in [1.165, 1.54) is 23.9 Å². The number of benzene rings is 2. The van der Waals surface area contributed by atoms with Crippen LogP contribution in [0.3, 0.4) is 0 Å². The van der Waals surface area contributed by atoms with Crippen LogP contribution in [0, 0.1) is 13.8 Å². The lowest BCUT2D eigenvalue weighted by Crippen LogP contribution is -2.26. The van der Waals surface area contributed by atoms with Gasteiger partial charge in [-0.05, 0) is 55.8 Å². The molecule has 0 aliphatic rings. The van der Waals surface area contributed by atoms with Crippen molar-refractivity contribution in [3.8, 4) is 5.69 Å². The molecule has 9 nitrogen and oxygen atoms in total. The number of ketones is 1. The average molecular weight is 500 g/mol.